The van der Waals surface area contributed by atoms with Gasteiger partial charge in [0.25, 0.3) is 0 Å². The fourth-order valence-corrected chi connectivity index (χ4v) is 6.00. The summed E-state index contributed by atoms with van der Waals surface area (Å²) in [6, 6.07) is 22.8. The van der Waals surface area contributed by atoms with E-state index in [1.54, 1.807) is 13.0 Å². The van der Waals surface area contributed by atoms with Crippen molar-refractivity contribution in [2.45, 2.75) is 50.4 Å². The second-order valence-electron chi connectivity index (χ2n) is 10.5. The van der Waals surface area contributed by atoms with E-state index in [1.807, 2.05) is 60.7 Å². The number of aryl methyl sites for hydroxylation is 2. The van der Waals surface area contributed by atoms with Gasteiger partial charge in [-0.05, 0) is 61.6 Å². The van der Waals surface area contributed by atoms with Crippen LogP contribution in [0.5, 0.6) is 0 Å². The number of amides is 1. The maximum absolute atomic E-state index is 13.7. The molecule has 0 aliphatic carbocycles. The van der Waals surface area contributed by atoms with Crippen molar-refractivity contribution in [1.29, 1.82) is 0 Å². The normalized spacial score (nSPS) is 18.3. The predicted molar refractivity (Wildman–Crippen MR) is 144 cm³/mol. The summed E-state index contributed by atoms with van der Waals surface area (Å²) in [5.41, 5.74) is 1.50. The summed E-state index contributed by atoms with van der Waals surface area (Å²) >= 11 is 0. The molecule has 5 nitrogen and oxygen atoms in total. The molecule has 2 heterocycles. The number of piperidine rings is 1. The Bertz CT molecular complexity index is 1320. The topological polar surface area (TPSA) is 52.7 Å². The number of benzene rings is 3. The molecule has 39 heavy (non-hydrogen) atoms. The minimum atomic E-state index is -4.43. The lowest BCUT2D eigenvalue weighted by atomic mass is 9.84. The number of Topliss-reactive ketones (excluding diaryl/α,β-unsaturated/α-hetero) is 1. The van der Waals surface area contributed by atoms with Crippen molar-refractivity contribution >= 4 is 17.4 Å². The number of rotatable bonds is 7. The molecule has 204 valence electrons. The van der Waals surface area contributed by atoms with Gasteiger partial charge in [0.15, 0.2) is 5.78 Å². The number of halogens is 3. The van der Waals surface area contributed by atoms with Crippen LogP contribution in [0.25, 0.3) is 0 Å². The van der Waals surface area contributed by atoms with Crippen molar-refractivity contribution in [1.82, 2.24) is 10.2 Å². The zero-order chi connectivity index (χ0) is 27.6. The number of para-hydroxylation sites is 1. The van der Waals surface area contributed by atoms with E-state index in [1.165, 1.54) is 0 Å². The van der Waals surface area contributed by atoms with Gasteiger partial charge in [-0.15, -0.1) is 0 Å². The van der Waals surface area contributed by atoms with Gasteiger partial charge in [-0.25, -0.2) is 0 Å². The van der Waals surface area contributed by atoms with Gasteiger partial charge < -0.3 is 10.2 Å². The SMILES string of the molecule is Cc1cc(CCC(=O)C(c2ccccc2)N2CCC3(CC2)C(=O)NCN3c2ccccc2)cc(C(F)(F)F)c1. The van der Waals surface area contributed by atoms with E-state index in [9.17, 15) is 22.8 Å². The molecule has 3 aromatic carbocycles. The molecule has 0 saturated carbocycles. The van der Waals surface area contributed by atoms with Crippen molar-refractivity contribution in [2.24, 2.45) is 0 Å². The van der Waals surface area contributed by atoms with Crippen LogP contribution in [0, 0.1) is 6.92 Å². The summed E-state index contributed by atoms with van der Waals surface area (Å²) in [7, 11) is 0. The van der Waals surface area contributed by atoms with Gasteiger partial charge in [-0.1, -0.05) is 60.2 Å². The Morgan fingerprint density at radius 3 is 2.26 bits per heavy atom. The minimum Gasteiger partial charge on any atom is -0.339 e. The maximum Gasteiger partial charge on any atom is 0.416 e. The first kappa shape index (κ1) is 26.9. The summed E-state index contributed by atoms with van der Waals surface area (Å²) in [5, 5.41) is 3.01. The molecule has 2 saturated heterocycles. The van der Waals surface area contributed by atoms with E-state index in [4.69, 9.17) is 0 Å². The fourth-order valence-electron chi connectivity index (χ4n) is 6.00. The Hall–Kier alpha value is -3.65. The average Bonchev–Trinajstić information content (AvgIpc) is 3.24. The highest BCUT2D eigenvalue weighted by Crippen LogP contribution is 2.39. The fraction of sp³-hybridized carbons (Fsp3) is 0.355. The van der Waals surface area contributed by atoms with Gasteiger partial charge in [0.05, 0.1) is 18.3 Å². The van der Waals surface area contributed by atoms with Crippen LogP contribution in [-0.2, 0) is 22.2 Å². The first-order valence-corrected chi connectivity index (χ1v) is 13.3. The van der Waals surface area contributed by atoms with Crippen LogP contribution >= 0.6 is 0 Å². The lowest BCUT2D eigenvalue weighted by Crippen LogP contribution is -2.57. The number of hydrogen-bond donors (Lipinski definition) is 1. The molecule has 8 heteroatoms. The third kappa shape index (κ3) is 5.57. The number of alkyl halides is 3. The molecule has 0 bridgehead atoms. The molecule has 2 aliphatic rings. The van der Waals surface area contributed by atoms with Gasteiger partial charge in [-0.3, -0.25) is 14.5 Å². The molecular weight excluding hydrogens is 503 g/mol. The number of carbonyl (C=O) groups excluding carboxylic acids is 2. The Morgan fingerprint density at radius 1 is 0.974 bits per heavy atom. The highest BCUT2D eigenvalue weighted by atomic mass is 19.4. The van der Waals surface area contributed by atoms with Crippen molar-refractivity contribution in [3.8, 4) is 0 Å². The van der Waals surface area contributed by atoms with Crippen LogP contribution in [-0.4, -0.2) is 41.9 Å². The van der Waals surface area contributed by atoms with Crippen molar-refractivity contribution in [3.63, 3.8) is 0 Å². The predicted octanol–water partition coefficient (Wildman–Crippen LogP) is 5.69. The lowest BCUT2D eigenvalue weighted by Gasteiger charge is -2.45. The second kappa shape index (κ2) is 10.8. The molecule has 5 rings (SSSR count). The number of nitrogens with zero attached hydrogens (tertiary/aromatic N) is 2. The average molecular weight is 536 g/mol. The number of anilines is 1. The summed E-state index contributed by atoms with van der Waals surface area (Å²) in [6.45, 7) is 3.17. The van der Waals surface area contributed by atoms with Crippen molar-refractivity contribution in [2.75, 3.05) is 24.7 Å². The van der Waals surface area contributed by atoms with Gasteiger partial charge in [0, 0.05) is 25.2 Å². The van der Waals surface area contributed by atoms with Crippen LogP contribution in [0.3, 0.4) is 0 Å². The number of carbonyl (C=O) groups is 2. The first-order chi connectivity index (χ1) is 18.7. The Morgan fingerprint density at radius 2 is 1.62 bits per heavy atom. The number of likely N-dealkylation sites (tertiary alicyclic amines) is 1. The third-order valence-corrected chi connectivity index (χ3v) is 7.94. The molecule has 2 fully saturated rings. The van der Waals surface area contributed by atoms with Crippen LogP contribution in [0.1, 0.15) is 47.6 Å². The van der Waals surface area contributed by atoms with E-state index in [-0.39, 0.29) is 24.5 Å². The molecule has 0 aromatic heterocycles. The lowest BCUT2D eigenvalue weighted by molar-refractivity contribution is -0.137. The number of hydrogen-bond acceptors (Lipinski definition) is 4. The molecule has 2 aliphatic heterocycles. The molecule has 1 N–H and O–H groups in total. The van der Waals surface area contributed by atoms with Crippen LogP contribution < -0.4 is 10.2 Å². The van der Waals surface area contributed by atoms with E-state index in [0.29, 0.717) is 43.7 Å². The van der Waals surface area contributed by atoms with Gasteiger partial charge in [0.2, 0.25) is 5.91 Å². The maximum atomic E-state index is 13.7. The molecule has 1 atom stereocenters. The van der Waals surface area contributed by atoms with Crippen LogP contribution in [0.4, 0.5) is 18.9 Å². The molecular formula is C31H32F3N3O2. The zero-order valence-corrected chi connectivity index (χ0v) is 21.9. The molecule has 1 amide bonds. The van der Waals surface area contributed by atoms with E-state index < -0.39 is 23.3 Å². The summed E-state index contributed by atoms with van der Waals surface area (Å²) < 4.78 is 40.0. The van der Waals surface area contributed by atoms with Crippen molar-refractivity contribution in [3.05, 3.63) is 101 Å². The highest BCUT2D eigenvalue weighted by molar-refractivity contribution is 5.93. The monoisotopic (exact) mass is 535 g/mol. The second-order valence-corrected chi connectivity index (χ2v) is 10.5. The standard InChI is InChI=1S/C31H32F3N3O2/c1-22-18-23(20-25(19-22)31(32,33)34)12-13-27(38)28(24-8-4-2-5-9-24)36-16-14-30(15-17-36)29(39)35-21-37(30)26-10-6-3-7-11-26/h2-11,18-20,28H,12-17,21H2,1H3,(H,35,39). The Balaban J connectivity index is 1.34. The smallest absolute Gasteiger partial charge is 0.339 e. The number of nitrogens with one attached hydrogen (secondary N) is 1. The quantitative estimate of drug-likeness (QED) is 0.423. The van der Waals surface area contributed by atoms with Gasteiger partial charge in [0.1, 0.15) is 5.54 Å². The van der Waals surface area contributed by atoms with Gasteiger partial charge >= 0.3 is 6.18 Å². The molecule has 1 spiro atoms. The largest absolute Gasteiger partial charge is 0.416 e. The minimum absolute atomic E-state index is 0.00788. The number of ketones is 1. The van der Waals surface area contributed by atoms with Gasteiger partial charge in [-0.2, -0.15) is 13.2 Å². The van der Waals surface area contributed by atoms with Crippen LogP contribution in [0.2, 0.25) is 0 Å². The summed E-state index contributed by atoms with van der Waals surface area (Å²) in [5.74, 6) is -0.0310. The summed E-state index contributed by atoms with van der Waals surface area (Å²) in [4.78, 5) is 31.0. The first-order valence-electron chi connectivity index (χ1n) is 13.3. The molecule has 1 unspecified atom stereocenters. The summed E-state index contributed by atoms with van der Waals surface area (Å²) in [6.07, 6.45) is -2.94. The Labute approximate surface area is 226 Å². The molecule has 3 aromatic rings. The zero-order valence-electron chi connectivity index (χ0n) is 21.9. The Kier molecular flexibility index (Phi) is 7.49. The van der Waals surface area contributed by atoms with E-state index in [0.717, 1.165) is 23.4 Å². The third-order valence-electron chi connectivity index (χ3n) is 7.94. The van der Waals surface area contributed by atoms with E-state index >= 15 is 0 Å². The van der Waals surface area contributed by atoms with E-state index in [2.05, 4.69) is 15.1 Å². The molecule has 0 radical (unpaired) electrons. The van der Waals surface area contributed by atoms with Crippen molar-refractivity contribution < 1.29 is 22.8 Å². The van der Waals surface area contributed by atoms with Crippen LogP contribution in [0.15, 0.2) is 78.9 Å². The highest BCUT2D eigenvalue weighted by Gasteiger charge is 2.51.